The van der Waals surface area contributed by atoms with Crippen LogP contribution in [0.2, 0.25) is 5.02 Å². The number of benzene rings is 3. The fraction of sp³-hybridized carbons (Fsp3) is 0.200. The first-order valence-corrected chi connectivity index (χ1v) is 10.3. The van der Waals surface area contributed by atoms with Crippen LogP contribution in [-0.4, -0.2) is 11.8 Å². The highest BCUT2D eigenvalue weighted by Crippen LogP contribution is 2.61. The molecule has 4 atom stereocenters. The van der Waals surface area contributed by atoms with Crippen molar-refractivity contribution in [2.24, 2.45) is 11.8 Å². The molecule has 2 bridgehead atoms. The number of carbonyl (C=O) groups is 2. The lowest BCUT2D eigenvalue weighted by atomic mass is 9.55. The van der Waals surface area contributed by atoms with Crippen molar-refractivity contribution in [3.63, 3.8) is 0 Å². The molecule has 4 aliphatic rings. The van der Waals surface area contributed by atoms with Gasteiger partial charge in [-0.25, -0.2) is 4.90 Å². The average molecular weight is 400 g/mol. The topological polar surface area (TPSA) is 37.4 Å². The van der Waals surface area contributed by atoms with Gasteiger partial charge in [-0.2, -0.15) is 0 Å². The Balaban J connectivity index is 1.58. The Morgan fingerprint density at radius 3 is 2.00 bits per heavy atom. The molecule has 3 aromatic rings. The van der Waals surface area contributed by atoms with Crippen molar-refractivity contribution in [1.29, 1.82) is 0 Å². The number of hydrogen-bond donors (Lipinski definition) is 0. The standard InChI is InChI=1S/C25H18ClNO2/c1-13-9-10-18-19(11-13)21-17-8-3-2-7-16(17)20(18)22-23(21)25(29)27(24(22)28)15-6-4-5-14(26)12-15/h2-12,20-23H,1H3. The SMILES string of the molecule is Cc1ccc2c(c1)C1c3ccccc3C2C2C(=O)N(c3cccc(Cl)c3)C(=O)C12. The summed E-state index contributed by atoms with van der Waals surface area (Å²) in [6.07, 6.45) is 0. The van der Waals surface area contributed by atoms with Gasteiger partial charge in [0.1, 0.15) is 0 Å². The van der Waals surface area contributed by atoms with Gasteiger partial charge in [-0.3, -0.25) is 9.59 Å². The number of rotatable bonds is 1. The Hall–Kier alpha value is -2.91. The smallest absolute Gasteiger partial charge is 0.238 e. The normalized spacial score (nSPS) is 26.3. The van der Waals surface area contributed by atoms with Crippen LogP contribution in [0.4, 0.5) is 5.69 Å². The van der Waals surface area contributed by atoms with E-state index in [2.05, 4.69) is 37.3 Å². The zero-order valence-corrected chi connectivity index (χ0v) is 16.6. The van der Waals surface area contributed by atoms with E-state index in [1.807, 2.05) is 12.1 Å². The first-order valence-electron chi connectivity index (χ1n) is 9.89. The maximum atomic E-state index is 13.6. The van der Waals surface area contributed by atoms with Crippen LogP contribution in [0.15, 0.2) is 66.7 Å². The molecule has 4 heteroatoms. The number of amides is 2. The van der Waals surface area contributed by atoms with Gasteiger partial charge in [0.15, 0.2) is 0 Å². The molecule has 0 saturated carbocycles. The van der Waals surface area contributed by atoms with Crippen LogP contribution in [0.5, 0.6) is 0 Å². The minimum atomic E-state index is -0.365. The highest BCUT2D eigenvalue weighted by molar-refractivity contribution is 6.31. The van der Waals surface area contributed by atoms with Gasteiger partial charge >= 0.3 is 0 Å². The van der Waals surface area contributed by atoms with Crippen molar-refractivity contribution in [2.75, 3.05) is 4.90 Å². The first kappa shape index (κ1) is 17.0. The minimum absolute atomic E-state index is 0.0857. The molecule has 1 heterocycles. The monoisotopic (exact) mass is 399 g/mol. The van der Waals surface area contributed by atoms with Gasteiger partial charge in [0, 0.05) is 16.9 Å². The largest absolute Gasteiger partial charge is 0.274 e. The Morgan fingerprint density at radius 2 is 1.34 bits per heavy atom. The summed E-state index contributed by atoms with van der Waals surface area (Å²) >= 11 is 6.16. The maximum Gasteiger partial charge on any atom is 0.238 e. The predicted molar refractivity (Wildman–Crippen MR) is 112 cm³/mol. The van der Waals surface area contributed by atoms with E-state index in [4.69, 9.17) is 11.6 Å². The maximum absolute atomic E-state index is 13.6. The summed E-state index contributed by atoms with van der Waals surface area (Å²) in [5, 5.41) is 0.517. The van der Waals surface area contributed by atoms with Crippen LogP contribution in [0.3, 0.4) is 0 Å². The van der Waals surface area contributed by atoms with Crippen LogP contribution >= 0.6 is 11.6 Å². The van der Waals surface area contributed by atoms with Crippen LogP contribution < -0.4 is 4.90 Å². The summed E-state index contributed by atoms with van der Waals surface area (Å²) in [5.41, 5.74) is 6.49. The molecule has 142 valence electrons. The first-order chi connectivity index (χ1) is 14.1. The zero-order valence-electron chi connectivity index (χ0n) is 15.8. The third kappa shape index (κ3) is 2.14. The Bertz CT molecular complexity index is 1220. The van der Waals surface area contributed by atoms with E-state index in [0.717, 1.165) is 0 Å². The molecule has 1 saturated heterocycles. The summed E-state index contributed by atoms with van der Waals surface area (Å²) in [7, 11) is 0. The van der Waals surface area contributed by atoms with Crippen LogP contribution in [0.25, 0.3) is 0 Å². The van der Waals surface area contributed by atoms with Crippen molar-refractivity contribution in [3.05, 3.63) is 99.6 Å². The average Bonchev–Trinajstić information content (AvgIpc) is 2.99. The molecule has 2 amide bonds. The van der Waals surface area contributed by atoms with E-state index in [9.17, 15) is 9.59 Å². The molecule has 0 N–H and O–H groups in total. The molecule has 1 fully saturated rings. The molecule has 1 aliphatic heterocycles. The molecular formula is C25H18ClNO2. The van der Waals surface area contributed by atoms with Crippen molar-refractivity contribution >= 4 is 29.1 Å². The number of nitrogens with zero attached hydrogens (tertiary/aromatic N) is 1. The molecule has 0 spiro atoms. The summed E-state index contributed by atoms with van der Waals surface area (Å²) in [4.78, 5) is 28.6. The van der Waals surface area contributed by atoms with Gasteiger partial charge in [0.25, 0.3) is 0 Å². The van der Waals surface area contributed by atoms with E-state index in [-0.39, 0.29) is 35.5 Å². The van der Waals surface area contributed by atoms with Gasteiger partial charge in [-0.1, -0.05) is 65.7 Å². The fourth-order valence-electron chi connectivity index (χ4n) is 5.72. The molecule has 29 heavy (non-hydrogen) atoms. The number of carbonyl (C=O) groups excluding carboxylic acids is 2. The van der Waals surface area contributed by atoms with Gasteiger partial charge in [-0.05, 0) is 47.4 Å². The van der Waals surface area contributed by atoms with Crippen molar-refractivity contribution < 1.29 is 9.59 Å². The summed E-state index contributed by atoms with van der Waals surface area (Å²) in [6.45, 7) is 2.08. The number of halogens is 1. The summed E-state index contributed by atoms with van der Waals surface area (Å²) in [6, 6.07) is 21.7. The second-order valence-electron chi connectivity index (χ2n) is 8.26. The lowest BCUT2D eigenvalue weighted by molar-refractivity contribution is -0.122. The Kier molecular flexibility index (Phi) is 3.40. The van der Waals surface area contributed by atoms with E-state index < -0.39 is 0 Å². The zero-order chi connectivity index (χ0) is 19.9. The van der Waals surface area contributed by atoms with Crippen molar-refractivity contribution in [2.45, 2.75) is 18.8 Å². The minimum Gasteiger partial charge on any atom is -0.274 e. The number of anilines is 1. The number of hydrogen-bond acceptors (Lipinski definition) is 2. The van der Waals surface area contributed by atoms with E-state index in [1.54, 1.807) is 24.3 Å². The van der Waals surface area contributed by atoms with E-state index >= 15 is 0 Å². The third-order valence-corrected chi connectivity index (χ3v) is 7.00. The Morgan fingerprint density at radius 1 is 0.724 bits per heavy atom. The van der Waals surface area contributed by atoms with Crippen LogP contribution in [-0.2, 0) is 9.59 Å². The lowest BCUT2D eigenvalue weighted by Gasteiger charge is -2.46. The molecule has 3 aromatic carbocycles. The van der Waals surface area contributed by atoms with Crippen LogP contribution in [0, 0.1) is 18.8 Å². The van der Waals surface area contributed by atoms with E-state index in [1.165, 1.54) is 32.7 Å². The predicted octanol–water partition coefficient (Wildman–Crippen LogP) is 5.05. The van der Waals surface area contributed by atoms with Crippen LogP contribution in [0.1, 0.15) is 39.7 Å². The van der Waals surface area contributed by atoms with Gasteiger partial charge < -0.3 is 0 Å². The number of aryl methyl sites for hydroxylation is 1. The van der Waals surface area contributed by atoms with Gasteiger partial charge in [-0.15, -0.1) is 0 Å². The summed E-state index contributed by atoms with van der Waals surface area (Å²) < 4.78 is 0. The summed E-state index contributed by atoms with van der Waals surface area (Å²) in [5.74, 6) is -1.13. The second kappa shape index (κ2) is 5.80. The lowest BCUT2D eigenvalue weighted by Crippen LogP contribution is -2.41. The molecule has 7 rings (SSSR count). The van der Waals surface area contributed by atoms with E-state index in [0.29, 0.717) is 10.7 Å². The number of imide groups is 1. The quantitative estimate of drug-likeness (QED) is 0.537. The molecule has 0 radical (unpaired) electrons. The Labute approximate surface area is 173 Å². The fourth-order valence-corrected chi connectivity index (χ4v) is 5.90. The molecule has 0 aromatic heterocycles. The molecule has 4 unspecified atom stereocenters. The van der Waals surface area contributed by atoms with Crippen molar-refractivity contribution in [1.82, 2.24) is 0 Å². The van der Waals surface area contributed by atoms with Gasteiger partial charge in [0.05, 0.1) is 17.5 Å². The second-order valence-corrected chi connectivity index (χ2v) is 8.70. The molecule has 3 aliphatic carbocycles. The molecule has 3 nitrogen and oxygen atoms in total. The van der Waals surface area contributed by atoms with Crippen molar-refractivity contribution in [3.8, 4) is 0 Å². The third-order valence-electron chi connectivity index (χ3n) is 6.76. The van der Waals surface area contributed by atoms with Gasteiger partial charge in [0.2, 0.25) is 11.8 Å². The highest BCUT2D eigenvalue weighted by Gasteiger charge is 2.61. The molecular weight excluding hydrogens is 382 g/mol. The highest BCUT2D eigenvalue weighted by atomic mass is 35.5.